The van der Waals surface area contributed by atoms with E-state index in [0.29, 0.717) is 17.9 Å². The fraction of sp³-hybridized carbons (Fsp3) is 0.812. The third-order valence-electron chi connectivity index (χ3n) is 5.52. The molecule has 0 amide bonds. The molecule has 3 atom stereocenters. The summed E-state index contributed by atoms with van der Waals surface area (Å²) in [5.41, 5.74) is 0.349. The van der Waals surface area contributed by atoms with E-state index in [2.05, 4.69) is 6.92 Å². The lowest BCUT2D eigenvalue weighted by atomic mass is 9.50. The van der Waals surface area contributed by atoms with E-state index in [9.17, 15) is 4.79 Å². The van der Waals surface area contributed by atoms with E-state index in [4.69, 9.17) is 9.47 Å². The van der Waals surface area contributed by atoms with E-state index >= 15 is 0 Å². The lowest BCUT2D eigenvalue weighted by molar-refractivity contribution is -0.252. The zero-order valence-corrected chi connectivity index (χ0v) is 12.0. The molecular weight excluding hydrogens is 240 g/mol. The molecule has 1 spiro atoms. The van der Waals surface area contributed by atoms with Gasteiger partial charge in [0, 0.05) is 5.41 Å². The molecule has 2 saturated carbocycles. The van der Waals surface area contributed by atoms with E-state index < -0.39 is 0 Å². The molecular formula is C16H24O3. The van der Waals surface area contributed by atoms with Crippen LogP contribution < -0.4 is 0 Å². The van der Waals surface area contributed by atoms with Gasteiger partial charge in [0.1, 0.15) is 11.4 Å². The highest BCUT2D eigenvalue weighted by Gasteiger charge is 2.65. The molecule has 3 fully saturated rings. The first-order valence-electron chi connectivity index (χ1n) is 7.69. The summed E-state index contributed by atoms with van der Waals surface area (Å²) in [7, 11) is 0. The zero-order valence-electron chi connectivity index (χ0n) is 12.0. The molecule has 19 heavy (non-hydrogen) atoms. The van der Waals surface area contributed by atoms with Crippen molar-refractivity contribution in [3.05, 3.63) is 11.8 Å². The van der Waals surface area contributed by atoms with Crippen LogP contribution in [0.3, 0.4) is 0 Å². The maximum absolute atomic E-state index is 11.6. The minimum Gasteiger partial charge on any atom is -0.490 e. The van der Waals surface area contributed by atoms with Gasteiger partial charge < -0.3 is 9.47 Å². The second-order valence-corrected chi connectivity index (χ2v) is 6.50. The van der Waals surface area contributed by atoms with Gasteiger partial charge in [-0.05, 0) is 39.0 Å². The highest BCUT2D eigenvalue weighted by molar-refractivity contribution is 5.82. The Labute approximate surface area is 115 Å². The first-order valence-corrected chi connectivity index (χ1v) is 7.69. The summed E-state index contributed by atoms with van der Waals surface area (Å²) in [5.74, 6) is 1.08. The third kappa shape index (κ3) is 1.81. The number of ether oxygens (including phenoxy) is 2. The predicted octanol–water partition coefficient (Wildman–Crippen LogP) is 3.58. The standard InChI is InChI=1S/C16H24O3/c1-3-18-14(17)11-13-12-7-6-9-15(2)8-4-5-10-16(12,15)19-13/h11-12H,3-10H2,1-2H3/b13-11+/t12-,15+,16+/m1/s1. The number of carbonyl (C=O) groups is 1. The van der Waals surface area contributed by atoms with Crippen LogP contribution in [0.25, 0.3) is 0 Å². The fourth-order valence-corrected chi connectivity index (χ4v) is 4.55. The normalized spacial score (nSPS) is 42.6. The molecule has 0 aromatic heterocycles. The van der Waals surface area contributed by atoms with Gasteiger partial charge in [-0.15, -0.1) is 0 Å². The van der Waals surface area contributed by atoms with Crippen molar-refractivity contribution in [3.63, 3.8) is 0 Å². The molecule has 0 aromatic rings. The lowest BCUT2D eigenvalue weighted by Gasteiger charge is -2.65. The predicted molar refractivity (Wildman–Crippen MR) is 72.4 cm³/mol. The molecule has 1 aliphatic heterocycles. The largest absolute Gasteiger partial charge is 0.490 e. The molecule has 1 heterocycles. The highest BCUT2D eigenvalue weighted by atomic mass is 16.5. The molecule has 0 aromatic carbocycles. The molecule has 3 rings (SSSR count). The minimum absolute atomic E-state index is 0.0296. The minimum atomic E-state index is -0.254. The van der Waals surface area contributed by atoms with Crippen LogP contribution in [-0.4, -0.2) is 18.2 Å². The van der Waals surface area contributed by atoms with Crippen molar-refractivity contribution in [1.82, 2.24) is 0 Å². The number of hydrogen-bond acceptors (Lipinski definition) is 3. The Hall–Kier alpha value is -0.990. The van der Waals surface area contributed by atoms with E-state index in [1.54, 1.807) is 6.08 Å². The van der Waals surface area contributed by atoms with Gasteiger partial charge in [-0.2, -0.15) is 0 Å². The van der Waals surface area contributed by atoms with Crippen molar-refractivity contribution in [2.45, 2.75) is 64.4 Å². The molecule has 0 unspecified atom stereocenters. The highest BCUT2D eigenvalue weighted by Crippen LogP contribution is 2.65. The summed E-state index contributed by atoms with van der Waals surface area (Å²) in [6.07, 6.45) is 10.3. The Morgan fingerprint density at radius 2 is 2.11 bits per heavy atom. The summed E-state index contributed by atoms with van der Waals surface area (Å²) >= 11 is 0. The Kier molecular flexibility index (Phi) is 3.11. The molecule has 1 saturated heterocycles. The lowest BCUT2D eigenvalue weighted by Crippen LogP contribution is -2.65. The first-order chi connectivity index (χ1) is 9.11. The van der Waals surface area contributed by atoms with Gasteiger partial charge in [0.05, 0.1) is 18.6 Å². The second kappa shape index (κ2) is 4.53. The van der Waals surface area contributed by atoms with Crippen LogP contribution in [-0.2, 0) is 14.3 Å². The Bertz CT molecular complexity index is 410. The van der Waals surface area contributed by atoms with Crippen LogP contribution in [0.15, 0.2) is 11.8 Å². The van der Waals surface area contributed by atoms with Crippen LogP contribution in [0, 0.1) is 11.3 Å². The average molecular weight is 264 g/mol. The smallest absolute Gasteiger partial charge is 0.334 e. The summed E-state index contributed by atoms with van der Waals surface area (Å²) < 4.78 is 11.2. The van der Waals surface area contributed by atoms with Gasteiger partial charge in [-0.25, -0.2) is 4.79 Å². The van der Waals surface area contributed by atoms with Crippen LogP contribution in [0.2, 0.25) is 0 Å². The molecule has 3 heteroatoms. The summed E-state index contributed by atoms with van der Waals surface area (Å²) in [6.45, 7) is 4.65. The van der Waals surface area contributed by atoms with Crippen LogP contribution in [0.4, 0.5) is 0 Å². The van der Waals surface area contributed by atoms with Crippen molar-refractivity contribution in [3.8, 4) is 0 Å². The van der Waals surface area contributed by atoms with Gasteiger partial charge in [0.25, 0.3) is 0 Å². The monoisotopic (exact) mass is 264 g/mol. The molecule has 0 bridgehead atoms. The number of carbonyl (C=O) groups excluding carboxylic acids is 1. The van der Waals surface area contributed by atoms with Crippen molar-refractivity contribution < 1.29 is 14.3 Å². The average Bonchev–Trinajstić information content (AvgIpc) is 2.36. The van der Waals surface area contributed by atoms with Crippen LogP contribution >= 0.6 is 0 Å². The summed E-state index contributed by atoms with van der Waals surface area (Å²) in [4.78, 5) is 11.6. The quantitative estimate of drug-likeness (QED) is 0.565. The van der Waals surface area contributed by atoms with E-state index in [1.165, 1.54) is 38.5 Å². The van der Waals surface area contributed by atoms with Gasteiger partial charge >= 0.3 is 5.97 Å². The Balaban J connectivity index is 1.81. The van der Waals surface area contributed by atoms with Gasteiger partial charge in [-0.3, -0.25) is 0 Å². The van der Waals surface area contributed by atoms with Gasteiger partial charge in [-0.1, -0.05) is 19.8 Å². The maximum atomic E-state index is 11.6. The molecule has 106 valence electrons. The maximum Gasteiger partial charge on any atom is 0.334 e. The Morgan fingerprint density at radius 1 is 1.37 bits per heavy atom. The van der Waals surface area contributed by atoms with Gasteiger partial charge in [0.15, 0.2) is 0 Å². The molecule has 0 radical (unpaired) electrons. The molecule has 3 nitrogen and oxygen atoms in total. The number of hydrogen-bond donors (Lipinski definition) is 0. The van der Waals surface area contributed by atoms with Crippen molar-refractivity contribution in [2.75, 3.05) is 6.61 Å². The van der Waals surface area contributed by atoms with E-state index in [-0.39, 0.29) is 11.6 Å². The third-order valence-corrected chi connectivity index (χ3v) is 5.52. The molecule has 3 aliphatic rings. The van der Waals surface area contributed by atoms with Crippen LogP contribution in [0.1, 0.15) is 58.8 Å². The first kappa shape index (κ1) is 13.0. The zero-order chi connectivity index (χ0) is 13.5. The van der Waals surface area contributed by atoms with Crippen molar-refractivity contribution >= 4 is 5.97 Å². The Morgan fingerprint density at radius 3 is 2.89 bits per heavy atom. The second-order valence-electron chi connectivity index (χ2n) is 6.50. The summed E-state index contributed by atoms with van der Waals surface area (Å²) in [5, 5.41) is 0. The fourth-order valence-electron chi connectivity index (χ4n) is 4.55. The van der Waals surface area contributed by atoms with Gasteiger partial charge in [0.2, 0.25) is 0 Å². The SMILES string of the molecule is CCOC(=O)/C=C1/O[C@]23CCCC[C@@]2(C)CCC[C@H]13. The number of rotatable bonds is 2. The topological polar surface area (TPSA) is 35.5 Å². The molecule has 2 aliphatic carbocycles. The molecule has 0 N–H and O–H groups in total. The van der Waals surface area contributed by atoms with Crippen LogP contribution in [0.5, 0.6) is 0 Å². The van der Waals surface area contributed by atoms with Crippen molar-refractivity contribution in [1.29, 1.82) is 0 Å². The van der Waals surface area contributed by atoms with Crippen molar-refractivity contribution in [2.24, 2.45) is 11.3 Å². The number of esters is 1. The van der Waals surface area contributed by atoms with E-state index in [0.717, 1.165) is 12.2 Å². The van der Waals surface area contributed by atoms with E-state index in [1.807, 2.05) is 6.92 Å². The summed E-state index contributed by atoms with van der Waals surface area (Å²) in [6, 6.07) is 0.